The van der Waals surface area contributed by atoms with Crippen LogP contribution in [0.5, 0.6) is 5.88 Å². The summed E-state index contributed by atoms with van der Waals surface area (Å²) in [4.78, 5) is 26.2. The van der Waals surface area contributed by atoms with Crippen molar-refractivity contribution in [1.29, 1.82) is 0 Å². The van der Waals surface area contributed by atoms with Gasteiger partial charge < -0.3 is 10.1 Å². The van der Waals surface area contributed by atoms with Crippen molar-refractivity contribution in [1.82, 2.24) is 25.1 Å². The van der Waals surface area contributed by atoms with Crippen molar-refractivity contribution in [2.45, 2.75) is 26.9 Å². The minimum Gasteiger partial charge on any atom is -0.463 e. The first kappa shape index (κ1) is 20.7. The lowest BCUT2D eigenvalue weighted by molar-refractivity contribution is -0.124. The van der Waals surface area contributed by atoms with E-state index in [-0.39, 0.29) is 17.7 Å². The van der Waals surface area contributed by atoms with Gasteiger partial charge in [-0.25, -0.2) is 9.97 Å². The second kappa shape index (κ2) is 8.69. The van der Waals surface area contributed by atoms with E-state index in [9.17, 15) is 4.79 Å². The Bertz CT molecular complexity index is 1220. The molecule has 158 valence electrons. The van der Waals surface area contributed by atoms with Gasteiger partial charge in [-0.15, -0.1) is 0 Å². The monoisotopic (exact) mass is 436 g/mol. The standard InChI is InChI=1S/C22H21ClN6O2/c1-12(2)18(21(30)26-17-9-8-13(3)10-24-17)31-22-15-11-25-29-20(15)27-19(28-22)14-6-4-5-7-16(14)23/h4-12,18H,1-3H3,(H,24,26,30)(H,25,27,28,29). The molecule has 0 spiro atoms. The largest absolute Gasteiger partial charge is 0.463 e. The van der Waals surface area contributed by atoms with Gasteiger partial charge >= 0.3 is 0 Å². The zero-order valence-corrected chi connectivity index (χ0v) is 18.0. The summed E-state index contributed by atoms with van der Waals surface area (Å²) in [5, 5.41) is 10.8. The third-order valence-electron chi connectivity index (χ3n) is 4.65. The maximum atomic E-state index is 13.0. The Kier molecular flexibility index (Phi) is 5.81. The molecule has 4 aromatic rings. The maximum Gasteiger partial charge on any atom is 0.266 e. The smallest absolute Gasteiger partial charge is 0.266 e. The average Bonchev–Trinajstić information content (AvgIpc) is 3.22. The predicted molar refractivity (Wildman–Crippen MR) is 119 cm³/mol. The summed E-state index contributed by atoms with van der Waals surface area (Å²) in [5.41, 5.74) is 2.15. The van der Waals surface area contributed by atoms with Gasteiger partial charge in [0.25, 0.3) is 5.91 Å². The lowest BCUT2D eigenvalue weighted by Gasteiger charge is -2.21. The first-order valence-electron chi connectivity index (χ1n) is 9.78. The van der Waals surface area contributed by atoms with E-state index in [1.54, 1.807) is 24.5 Å². The Morgan fingerprint density at radius 1 is 1.13 bits per heavy atom. The van der Waals surface area contributed by atoms with E-state index < -0.39 is 6.10 Å². The highest BCUT2D eigenvalue weighted by atomic mass is 35.5. The van der Waals surface area contributed by atoms with Crippen LogP contribution in [0.2, 0.25) is 5.02 Å². The molecule has 31 heavy (non-hydrogen) atoms. The van der Waals surface area contributed by atoms with E-state index in [0.29, 0.717) is 33.3 Å². The molecular weight excluding hydrogens is 416 g/mol. The Morgan fingerprint density at radius 2 is 1.94 bits per heavy atom. The van der Waals surface area contributed by atoms with Gasteiger partial charge in [-0.05, 0) is 36.6 Å². The number of halogens is 1. The van der Waals surface area contributed by atoms with Gasteiger partial charge in [0.2, 0.25) is 5.88 Å². The molecule has 0 bridgehead atoms. The first-order valence-corrected chi connectivity index (χ1v) is 10.2. The fourth-order valence-electron chi connectivity index (χ4n) is 3.01. The SMILES string of the molecule is Cc1ccc(NC(=O)C(Oc2nc(-c3ccccc3Cl)nc3[nH]ncc23)C(C)C)nc1. The number of aryl methyl sites for hydroxylation is 1. The lowest BCUT2D eigenvalue weighted by Crippen LogP contribution is -2.37. The number of nitrogens with zero attached hydrogens (tertiary/aromatic N) is 4. The molecular formula is C22H21ClN6O2. The number of hydrogen-bond donors (Lipinski definition) is 2. The van der Waals surface area contributed by atoms with Crippen LogP contribution in [-0.2, 0) is 4.79 Å². The molecule has 0 aliphatic heterocycles. The molecule has 4 rings (SSSR count). The van der Waals surface area contributed by atoms with Crippen molar-refractivity contribution in [3.63, 3.8) is 0 Å². The molecule has 1 aromatic carbocycles. The Hall–Kier alpha value is -3.52. The number of H-pyrrole nitrogens is 1. The predicted octanol–water partition coefficient (Wildman–Crippen LogP) is 4.42. The molecule has 3 aromatic heterocycles. The van der Waals surface area contributed by atoms with Crippen LogP contribution in [0.15, 0.2) is 48.8 Å². The van der Waals surface area contributed by atoms with Crippen LogP contribution in [-0.4, -0.2) is 37.2 Å². The molecule has 0 aliphatic rings. The molecule has 9 heteroatoms. The summed E-state index contributed by atoms with van der Waals surface area (Å²) in [7, 11) is 0. The Labute approximate surface area is 184 Å². The fourth-order valence-corrected chi connectivity index (χ4v) is 3.23. The fraction of sp³-hybridized carbons (Fsp3) is 0.227. The van der Waals surface area contributed by atoms with E-state index in [4.69, 9.17) is 16.3 Å². The van der Waals surface area contributed by atoms with Crippen LogP contribution in [0, 0.1) is 12.8 Å². The van der Waals surface area contributed by atoms with Crippen molar-refractivity contribution >= 4 is 34.4 Å². The van der Waals surface area contributed by atoms with Gasteiger partial charge in [0.15, 0.2) is 17.6 Å². The number of aromatic nitrogens is 5. The number of fused-ring (bicyclic) bond motifs is 1. The third-order valence-corrected chi connectivity index (χ3v) is 4.98. The molecule has 0 fully saturated rings. The molecule has 1 amide bonds. The van der Waals surface area contributed by atoms with Crippen LogP contribution >= 0.6 is 11.6 Å². The van der Waals surface area contributed by atoms with Crippen LogP contribution in [0.25, 0.3) is 22.4 Å². The highest BCUT2D eigenvalue weighted by Gasteiger charge is 2.27. The molecule has 1 unspecified atom stereocenters. The zero-order valence-electron chi connectivity index (χ0n) is 17.3. The summed E-state index contributed by atoms with van der Waals surface area (Å²) in [6.07, 6.45) is 2.45. The second-order valence-corrected chi connectivity index (χ2v) is 7.86. The minimum atomic E-state index is -0.810. The Balaban J connectivity index is 1.67. The summed E-state index contributed by atoms with van der Waals surface area (Å²) in [5.74, 6) is 0.629. The number of ether oxygens (including phenoxy) is 1. The van der Waals surface area contributed by atoms with Crippen molar-refractivity contribution in [3.8, 4) is 17.3 Å². The maximum absolute atomic E-state index is 13.0. The minimum absolute atomic E-state index is 0.133. The number of carbonyl (C=O) groups excluding carboxylic acids is 1. The molecule has 0 aliphatic carbocycles. The summed E-state index contributed by atoms with van der Waals surface area (Å²) in [6, 6.07) is 10.9. The van der Waals surface area contributed by atoms with Crippen molar-refractivity contribution in [2.24, 2.45) is 5.92 Å². The van der Waals surface area contributed by atoms with Gasteiger partial charge in [-0.3, -0.25) is 9.89 Å². The number of benzene rings is 1. The second-order valence-electron chi connectivity index (χ2n) is 7.46. The van der Waals surface area contributed by atoms with Gasteiger partial charge in [-0.1, -0.05) is 43.6 Å². The van der Waals surface area contributed by atoms with Crippen LogP contribution < -0.4 is 10.1 Å². The lowest BCUT2D eigenvalue weighted by atomic mass is 10.1. The van der Waals surface area contributed by atoms with Gasteiger partial charge in [0, 0.05) is 11.8 Å². The number of amides is 1. The molecule has 1 atom stereocenters. The Morgan fingerprint density at radius 3 is 2.65 bits per heavy atom. The third kappa shape index (κ3) is 4.49. The normalized spacial score (nSPS) is 12.2. The molecule has 2 N–H and O–H groups in total. The van der Waals surface area contributed by atoms with Gasteiger partial charge in [0.05, 0.1) is 11.2 Å². The first-order chi connectivity index (χ1) is 14.9. The zero-order chi connectivity index (χ0) is 22.0. The van der Waals surface area contributed by atoms with Crippen molar-refractivity contribution in [3.05, 3.63) is 59.4 Å². The highest BCUT2D eigenvalue weighted by molar-refractivity contribution is 6.33. The number of carbonyl (C=O) groups is 1. The molecule has 3 heterocycles. The number of hydrogen-bond acceptors (Lipinski definition) is 6. The van der Waals surface area contributed by atoms with Crippen LogP contribution in [0.4, 0.5) is 5.82 Å². The van der Waals surface area contributed by atoms with Crippen LogP contribution in [0.3, 0.4) is 0 Å². The van der Waals surface area contributed by atoms with Crippen LogP contribution in [0.1, 0.15) is 19.4 Å². The van der Waals surface area contributed by atoms with Gasteiger partial charge in [-0.2, -0.15) is 10.1 Å². The van der Waals surface area contributed by atoms with Crippen molar-refractivity contribution in [2.75, 3.05) is 5.32 Å². The molecule has 0 saturated carbocycles. The topological polar surface area (TPSA) is 106 Å². The van der Waals surface area contributed by atoms with E-state index in [2.05, 4.69) is 30.5 Å². The van der Waals surface area contributed by atoms with E-state index >= 15 is 0 Å². The number of rotatable bonds is 6. The summed E-state index contributed by atoms with van der Waals surface area (Å²) < 4.78 is 6.11. The van der Waals surface area contributed by atoms with E-state index in [1.807, 2.05) is 45.0 Å². The molecule has 0 radical (unpaired) electrons. The van der Waals surface area contributed by atoms with E-state index in [1.165, 1.54) is 0 Å². The summed E-state index contributed by atoms with van der Waals surface area (Å²) in [6.45, 7) is 5.73. The summed E-state index contributed by atoms with van der Waals surface area (Å²) >= 11 is 6.33. The molecule has 8 nitrogen and oxygen atoms in total. The highest BCUT2D eigenvalue weighted by Crippen LogP contribution is 2.30. The average molecular weight is 437 g/mol. The van der Waals surface area contributed by atoms with E-state index in [0.717, 1.165) is 5.56 Å². The number of pyridine rings is 1. The number of anilines is 1. The number of nitrogens with one attached hydrogen (secondary N) is 2. The van der Waals surface area contributed by atoms with Gasteiger partial charge in [0.1, 0.15) is 11.2 Å². The number of aromatic amines is 1. The molecule has 0 saturated heterocycles. The van der Waals surface area contributed by atoms with Crippen molar-refractivity contribution < 1.29 is 9.53 Å². The quantitative estimate of drug-likeness (QED) is 0.463.